The molecule has 0 fully saturated rings. The van der Waals surface area contributed by atoms with E-state index in [1.54, 1.807) is 0 Å². The van der Waals surface area contributed by atoms with Gasteiger partial charge in [0.05, 0.1) is 23.3 Å². The number of aryl methyl sites for hydroxylation is 2. The molecule has 0 amide bonds. The van der Waals surface area contributed by atoms with Gasteiger partial charge in [0, 0.05) is 22.5 Å². The fourth-order valence-electron chi connectivity index (χ4n) is 3.87. The highest BCUT2D eigenvalue weighted by Crippen LogP contribution is 2.35. The highest BCUT2D eigenvalue weighted by atomic mass is 16.5. The monoisotopic (exact) mass is 393 g/mol. The molecule has 0 radical (unpaired) electrons. The first-order chi connectivity index (χ1) is 14.7. The van der Waals surface area contributed by atoms with Gasteiger partial charge in [-0.25, -0.2) is 4.68 Å². The van der Waals surface area contributed by atoms with Crippen LogP contribution in [0.2, 0.25) is 0 Å². The van der Waals surface area contributed by atoms with Gasteiger partial charge in [0.25, 0.3) is 0 Å². The summed E-state index contributed by atoms with van der Waals surface area (Å²) in [5.74, 6) is 0.841. The van der Waals surface area contributed by atoms with Gasteiger partial charge >= 0.3 is 0 Å². The van der Waals surface area contributed by atoms with Crippen LogP contribution in [-0.2, 0) is 0 Å². The van der Waals surface area contributed by atoms with Crippen LogP contribution >= 0.6 is 0 Å². The lowest BCUT2D eigenvalue weighted by Gasteiger charge is -2.09. The SMILES string of the molecule is CCOc1ccc2ncc3c(-c4ccccc4)nn(-c4ccc(C)c(C)c4)c3c2c1. The lowest BCUT2D eigenvalue weighted by Crippen LogP contribution is -1.99. The number of nitrogens with zero attached hydrogens (tertiary/aromatic N) is 3. The molecule has 2 heterocycles. The van der Waals surface area contributed by atoms with Gasteiger partial charge in [-0.1, -0.05) is 36.4 Å². The standard InChI is InChI=1S/C26H23N3O/c1-4-30-21-12-13-24-22(15-21)26-23(16-27-24)25(19-8-6-5-7-9-19)28-29(26)20-11-10-17(2)18(3)14-20/h5-16H,4H2,1-3H3. The van der Waals surface area contributed by atoms with Crippen LogP contribution in [0.3, 0.4) is 0 Å². The molecule has 0 bridgehead atoms. The van der Waals surface area contributed by atoms with E-state index in [0.29, 0.717) is 6.61 Å². The molecule has 4 nitrogen and oxygen atoms in total. The Balaban J connectivity index is 1.88. The predicted octanol–water partition coefficient (Wildman–Crippen LogP) is 6.26. The van der Waals surface area contributed by atoms with Crippen molar-refractivity contribution < 1.29 is 4.74 Å². The summed E-state index contributed by atoms with van der Waals surface area (Å²) in [5, 5.41) is 7.12. The van der Waals surface area contributed by atoms with Crippen LogP contribution in [0.15, 0.2) is 72.9 Å². The average molecular weight is 393 g/mol. The van der Waals surface area contributed by atoms with E-state index in [0.717, 1.165) is 44.5 Å². The summed E-state index contributed by atoms with van der Waals surface area (Å²) in [6, 6.07) is 22.8. The number of ether oxygens (including phenoxy) is 1. The van der Waals surface area contributed by atoms with Gasteiger partial charge in [-0.15, -0.1) is 0 Å². The molecule has 30 heavy (non-hydrogen) atoms. The maximum Gasteiger partial charge on any atom is 0.120 e. The molecule has 0 saturated heterocycles. The van der Waals surface area contributed by atoms with Crippen LogP contribution in [0.5, 0.6) is 5.75 Å². The maximum absolute atomic E-state index is 5.78. The molecular weight excluding hydrogens is 370 g/mol. The maximum atomic E-state index is 5.78. The smallest absolute Gasteiger partial charge is 0.120 e. The Morgan fingerprint density at radius 3 is 2.47 bits per heavy atom. The molecule has 3 aromatic carbocycles. The molecule has 0 aliphatic carbocycles. The van der Waals surface area contributed by atoms with E-state index >= 15 is 0 Å². The topological polar surface area (TPSA) is 39.9 Å². The predicted molar refractivity (Wildman–Crippen MR) is 122 cm³/mol. The van der Waals surface area contributed by atoms with Crippen LogP contribution < -0.4 is 4.74 Å². The van der Waals surface area contributed by atoms with Crippen molar-refractivity contribution in [3.63, 3.8) is 0 Å². The minimum atomic E-state index is 0.626. The molecule has 5 aromatic rings. The van der Waals surface area contributed by atoms with Crippen molar-refractivity contribution in [3.8, 4) is 22.7 Å². The third kappa shape index (κ3) is 3.01. The molecule has 148 valence electrons. The van der Waals surface area contributed by atoms with Gasteiger partial charge < -0.3 is 4.74 Å². The number of hydrogen-bond acceptors (Lipinski definition) is 3. The second-order valence-corrected chi connectivity index (χ2v) is 7.53. The Kier molecular flexibility index (Phi) is 4.47. The van der Waals surface area contributed by atoms with E-state index in [1.807, 2.05) is 48.1 Å². The quantitative estimate of drug-likeness (QED) is 0.362. The Bertz CT molecular complexity index is 1370. The number of aromatic nitrogens is 3. The van der Waals surface area contributed by atoms with Crippen LogP contribution in [0.4, 0.5) is 0 Å². The third-order valence-electron chi connectivity index (χ3n) is 5.57. The zero-order valence-corrected chi connectivity index (χ0v) is 17.4. The van der Waals surface area contributed by atoms with Gasteiger partial charge in [0.1, 0.15) is 11.4 Å². The Morgan fingerprint density at radius 2 is 1.70 bits per heavy atom. The first kappa shape index (κ1) is 18.4. The normalized spacial score (nSPS) is 11.3. The van der Waals surface area contributed by atoms with E-state index in [2.05, 4.69) is 50.2 Å². The fourth-order valence-corrected chi connectivity index (χ4v) is 3.87. The first-order valence-corrected chi connectivity index (χ1v) is 10.2. The average Bonchev–Trinajstić information content (AvgIpc) is 3.17. The van der Waals surface area contributed by atoms with E-state index in [4.69, 9.17) is 14.8 Å². The van der Waals surface area contributed by atoms with Crippen molar-refractivity contribution in [2.24, 2.45) is 0 Å². The van der Waals surface area contributed by atoms with E-state index in [9.17, 15) is 0 Å². The minimum Gasteiger partial charge on any atom is -0.494 e. The van der Waals surface area contributed by atoms with Crippen molar-refractivity contribution in [1.29, 1.82) is 0 Å². The first-order valence-electron chi connectivity index (χ1n) is 10.2. The van der Waals surface area contributed by atoms with Crippen molar-refractivity contribution >= 4 is 21.8 Å². The largest absolute Gasteiger partial charge is 0.494 e. The number of fused-ring (bicyclic) bond motifs is 3. The van der Waals surface area contributed by atoms with Crippen molar-refractivity contribution in [1.82, 2.24) is 14.8 Å². The summed E-state index contributed by atoms with van der Waals surface area (Å²) in [7, 11) is 0. The molecule has 5 rings (SSSR count). The molecule has 0 saturated carbocycles. The van der Waals surface area contributed by atoms with Gasteiger partial charge in [0.15, 0.2) is 0 Å². The van der Waals surface area contributed by atoms with Crippen LogP contribution in [0, 0.1) is 13.8 Å². The molecule has 0 spiro atoms. The Labute approximate surface area is 175 Å². The summed E-state index contributed by atoms with van der Waals surface area (Å²) < 4.78 is 7.82. The van der Waals surface area contributed by atoms with Gasteiger partial charge in [-0.3, -0.25) is 4.98 Å². The second-order valence-electron chi connectivity index (χ2n) is 7.53. The summed E-state index contributed by atoms with van der Waals surface area (Å²) in [6.45, 7) is 6.88. The van der Waals surface area contributed by atoms with Crippen molar-refractivity contribution in [2.75, 3.05) is 6.61 Å². The number of benzene rings is 3. The van der Waals surface area contributed by atoms with Gasteiger partial charge in [0.2, 0.25) is 0 Å². The highest BCUT2D eigenvalue weighted by molar-refractivity contribution is 6.09. The van der Waals surface area contributed by atoms with E-state index < -0.39 is 0 Å². The number of rotatable bonds is 4. The van der Waals surface area contributed by atoms with Crippen LogP contribution in [0.25, 0.3) is 38.8 Å². The lowest BCUT2D eigenvalue weighted by molar-refractivity contribution is 0.341. The van der Waals surface area contributed by atoms with Gasteiger partial charge in [-0.05, 0) is 62.2 Å². The highest BCUT2D eigenvalue weighted by Gasteiger charge is 2.17. The molecule has 0 aliphatic heterocycles. The zero-order chi connectivity index (χ0) is 20.7. The summed E-state index contributed by atoms with van der Waals surface area (Å²) in [6.07, 6.45) is 1.94. The van der Waals surface area contributed by atoms with Crippen molar-refractivity contribution in [3.05, 3.63) is 84.1 Å². The lowest BCUT2D eigenvalue weighted by atomic mass is 10.1. The second kappa shape index (κ2) is 7.30. The van der Waals surface area contributed by atoms with Gasteiger partial charge in [-0.2, -0.15) is 5.10 Å². The molecule has 0 aliphatic rings. The minimum absolute atomic E-state index is 0.626. The Morgan fingerprint density at radius 1 is 0.867 bits per heavy atom. The fraction of sp³-hybridized carbons (Fsp3) is 0.154. The molecule has 2 aromatic heterocycles. The summed E-state index contributed by atoms with van der Waals surface area (Å²) in [4.78, 5) is 4.73. The molecule has 0 atom stereocenters. The van der Waals surface area contributed by atoms with Crippen molar-refractivity contribution in [2.45, 2.75) is 20.8 Å². The Hall–Kier alpha value is -3.66. The third-order valence-corrected chi connectivity index (χ3v) is 5.57. The van der Waals surface area contributed by atoms with E-state index in [1.165, 1.54) is 11.1 Å². The summed E-state index contributed by atoms with van der Waals surface area (Å²) >= 11 is 0. The molecule has 0 N–H and O–H groups in total. The number of hydrogen-bond donors (Lipinski definition) is 0. The van der Waals surface area contributed by atoms with E-state index in [-0.39, 0.29) is 0 Å². The molecular formula is C26H23N3O. The zero-order valence-electron chi connectivity index (χ0n) is 17.4. The van der Waals surface area contributed by atoms with Crippen LogP contribution in [-0.4, -0.2) is 21.4 Å². The van der Waals surface area contributed by atoms with Crippen LogP contribution in [0.1, 0.15) is 18.1 Å². The molecule has 4 heteroatoms. The molecule has 0 unspecified atom stereocenters. The number of pyridine rings is 1. The summed E-state index contributed by atoms with van der Waals surface area (Å²) in [5.41, 5.74) is 7.53.